The van der Waals surface area contributed by atoms with Crippen LogP contribution in [0, 0.1) is 13.8 Å². The van der Waals surface area contributed by atoms with Crippen molar-refractivity contribution < 1.29 is 23.4 Å². The molecule has 1 amide bonds. The molecule has 0 aliphatic heterocycles. The van der Waals surface area contributed by atoms with Gasteiger partial charge in [0.1, 0.15) is 24.7 Å². The molecule has 0 unspecified atom stereocenters. The average molecular weight is 786 g/mol. The Kier molecular flexibility index (Phi) is 10.3. The zero-order chi connectivity index (χ0) is 31.2. The van der Waals surface area contributed by atoms with E-state index in [-0.39, 0.29) is 12.4 Å². The van der Waals surface area contributed by atoms with E-state index >= 15 is 0 Å². The van der Waals surface area contributed by atoms with Crippen LogP contribution in [0.2, 0.25) is 0 Å². The molecule has 1 N–H and O–H groups in total. The Hall–Kier alpha value is -3.80. The molecule has 0 aliphatic carbocycles. The molecule has 0 aliphatic rings. The number of amides is 1. The molecule has 5 rings (SSSR count). The third kappa shape index (κ3) is 7.64. The van der Waals surface area contributed by atoms with Crippen LogP contribution in [-0.2, 0) is 13.2 Å². The summed E-state index contributed by atoms with van der Waals surface area (Å²) in [7, 11) is 1.56. The van der Waals surface area contributed by atoms with Crippen molar-refractivity contribution in [1.29, 1.82) is 0 Å². The average Bonchev–Trinajstić information content (AvgIpc) is 3.62. The SMILES string of the molecule is COc1cc(/C=N/NC(=O)c2ccc(COc3ccc(-n4c(C)ccc4C)cc3)o2)c(Br)cc1OCc1ccc(Br)cc1Br. The summed E-state index contributed by atoms with van der Waals surface area (Å²) in [6.45, 7) is 4.67. The Morgan fingerprint density at radius 1 is 0.864 bits per heavy atom. The standard InChI is InChI=1S/C33H28Br3N3O5/c1-20-4-5-21(2)39(20)25-8-10-26(11-9-25)42-19-27-12-13-30(44-27)33(40)38-37-17-23-14-31(41-3)32(16-29(23)36)43-18-22-6-7-24(34)15-28(22)35/h4-17H,18-19H2,1-3H3,(H,38,40)/b37-17+. The maximum absolute atomic E-state index is 12.6. The van der Waals surface area contributed by atoms with Gasteiger partial charge in [0, 0.05) is 41.6 Å². The normalized spacial score (nSPS) is 11.1. The predicted octanol–water partition coefficient (Wildman–Crippen LogP) is 8.91. The van der Waals surface area contributed by atoms with Crippen LogP contribution < -0.4 is 19.6 Å². The van der Waals surface area contributed by atoms with Crippen molar-refractivity contribution in [2.24, 2.45) is 5.10 Å². The minimum Gasteiger partial charge on any atom is -0.493 e. The van der Waals surface area contributed by atoms with Crippen molar-refractivity contribution in [2.45, 2.75) is 27.1 Å². The number of furan rings is 1. The number of hydrogen-bond donors (Lipinski definition) is 1. The zero-order valence-electron chi connectivity index (χ0n) is 24.1. The molecule has 8 nitrogen and oxygen atoms in total. The van der Waals surface area contributed by atoms with Gasteiger partial charge in [0.25, 0.3) is 0 Å². The van der Waals surface area contributed by atoms with E-state index in [0.717, 1.165) is 20.2 Å². The number of ether oxygens (including phenoxy) is 3. The maximum atomic E-state index is 12.6. The van der Waals surface area contributed by atoms with Crippen LogP contribution >= 0.6 is 47.8 Å². The molecule has 0 bridgehead atoms. The van der Waals surface area contributed by atoms with Gasteiger partial charge in [-0.1, -0.05) is 37.9 Å². The van der Waals surface area contributed by atoms with Crippen molar-refractivity contribution in [3.05, 3.63) is 126 Å². The van der Waals surface area contributed by atoms with Gasteiger partial charge in [0.05, 0.1) is 13.3 Å². The molecular formula is C33H28Br3N3O5. The highest BCUT2D eigenvalue weighted by molar-refractivity contribution is 9.11. The van der Waals surface area contributed by atoms with Gasteiger partial charge in [-0.15, -0.1) is 0 Å². The number of carbonyl (C=O) groups excluding carboxylic acids is 1. The van der Waals surface area contributed by atoms with Gasteiger partial charge >= 0.3 is 5.91 Å². The highest BCUT2D eigenvalue weighted by Crippen LogP contribution is 2.34. The van der Waals surface area contributed by atoms with E-state index in [2.05, 4.69) is 88.9 Å². The Labute approximate surface area is 280 Å². The fraction of sp³-hybridized carbons (Fsp3) is 0.152. The van der Waals surface area contributed by atoms with Crippen LogP contribution in [0.1, 0.15) is 38.8 Å². The summed E-state index contributed by atoms with van der Waals surface area (Å²) < 4.78 is 27.9. The number of nitrogens with zero attached hydrogens (tertiary/aromatic N) is 2. The molecule has 3 aromatic carbocycles. The second kappa shape index (κ2) is 14.3. The molecule has 44 heavy (non-hydrogen) atoms. The molecule has 0 saturated heterocycles. The zero-order valence-corrected chi connectivity index (χ0v) is 28.8. The Balaban J connectivity index is 1.15. The number of benzene rings is 3. The van der Waals surface area contributed by atoms with Crippen LogP contribution in [0.4, 0.5) is 0 Å². The fourth-order valence-corrected chi connectivity index (χ4v) is 6.02. The topological polar surface area (TPSA) is 87.2 Å². The number of aromatic nitrogens is 1. The predicted molar refractivity (Wildman–Crippen MR) is 180 cm³/mol. The molecule has 0 spiro atoms. The van der Waals surface area contributed by atoms with E-state index in [9.17, 15) is 4.79 Å². The minimum absolute atomic E-state index is 0.120. The van der Waals surface area contributed by atoms with Gasteiger partial charge in [-0.2, -0.15) is 5.10 Å². The number of rotatable bonds is 11. The summed E-state index contributed by atoms with van der Waals surface area (Å²) in [5.41, 5.74) is 7.55. The van der Waals surface area contributed by atoms with Gasteiger partial charge in [-0.25, -0.2) is 5.43 Å². The summed E-state index contributed by atoms with van der Waals surface area (Å²) in [5.74, 6) is 1.92. The second-order valence-corrected chi connectivity index (χ2v) is 12.4. The van der Waals surface area contributed by atoms with E-state index in [0.29, 0.717) is 39.7 Å². The summed E-state index contributed by atoms with van der Waals surface area (Å²) >= 11 is 10.6. The number of halogens is 3. The third-order valence-electron chi connectivity index (χ3n) is 6.68. The highest BCUT2D eigenvalue weighted by Gasteiger charge is 2.13. The molecule has 2 heterocycles. The highest BCUT2D eigenvalue weighted by atomic mass is 79.9. The molecule has 0 atom stereocenters. The lowest BCUT2D eigenvalue weighted by Crippen LogP contribution is -2.16. The van der Waals surface area contributed by atoms with E-state index in [1.54, 1.807) is 31.4 Å². The van der Waals surface area contributed by atoms with Crippen molar-refractivity contribution >= 4 is 59.9 Å². The van der Waals surface area contributed by atoms with Gasteiger partial charge in [-0.3, -0.25) is 4.79 Å². The Morgan fingerprint density at radius 3 is 2.32 bits per heavy atom. The first-order valence-corrected chi connectivity index (χ1v) is 15.8. The molecule has 5 aromatic rings. The van der Waals surface area contributed by atoms with Crippen LogP contribution in [0.5, 0.6) is 17.2 Å². The van der Waals surface area contributed by atoms with Gasteiger partial charge in [0.15, 0.2) is 17.3 Å². The minimum atomic E-state index is -0.488. The lowest BCUT2D eigenvalue weighted by atomic mass is 10.2. The first-order chi connectivity index (χ1) is 21.2. The molecule has 0 radical (unpaired) electrons. The second-order valence-electron chi connectivity index (χ2n) is 9.75. The van der Waals surface area contributed by atoms with Crippen LogP contribution in [-0.4, -0.2) is 23.8 Å². The molecule has 0 saturated carbocycles. The van der Waals surface area contributed by atoms with Crippen LogP contribution in [0.15, 0.2) is 102 Å². The van der Waals surface area contributed by atoms with E-state index in [4.69, 9.17) is 18.6 Å². The first-order valence-electron chi connectivity index (χ1n) is 13.5. The van der Waals surface area contributed by atoms with Crippen molar-refractivity contribution in [1.82, 2.24) is 9.99 Å². The monoisotopic (exact) mass is 783 g/mol. The summed E-state index contributed by atoms with van der Waals surface area (Å²) in [5, 5.41) is 4.09. The molecule has 2 aromatic heterocycles. The molecule has 0 fully saturated rings. The van der Waals surface area contributed by atoms with Crippen molar-refractivity contribution in [3.8, 4) is 22.9 Å². The van der Waals surface area contributed by atoms with Crippen molar-refractivity contribution in [3.63, 3.8) is 0 Å². The lowest BCUT2D eigenvalue weighted by molar-refractivity contribution is 0.0923. The summed E-state index contributed by atoms with van der Waals surface area (Å²) in [6, 6.07) is 24.7. The quantitative estimate of drug-likeness (QED) is 0.107. The number of carbonyl (C=O) groups is 1. The van der Waals surface area contributed by atoms with Gasteiger partial charge in [-0.05, 0) is 103 Å². The number of methoxy groups -OCH3 is 1. The number of hydrogen-bond acceptors (Lipinski definition) is 6. The Bertz CT molecular complexity index is 1790. The molecule has 11 heteroatoms. The van der Waals surface area contributed by atoms with Crippen molar-refractivity contribution in [2.75, 3.05) is 7.11 Å². The van der Waals surface area contributed by atoms with E-state index < -0.39 is 5.91 Å². The van der Waals surface area contributed by atoms with Gasteiger partial charge in [0.2, 0.25) is 0 Å². The first kappa shape index (κ1) is 31.6. The summed E-state index contributed by atoms with van der Waals surface area (Å²) in [6.07, 6.45) is 1.51. The fourth-order valence-electron chi connectivity index (χ4n) is 4.43. The Morgan fingerprint density at radius 2 is 1.61 bits per heavy atom. The number of nitrogens with one attached hydrogen (secondary N) is 1. The van der Waals surface area contributed by atoms with Crippen LogP contribution in [0.25, 0.3) is 5.69 Å². The summed E-state index contributed by atoms with van der Waals surface area (Å²) in [4.78, 5) is 12.6. The van der Waals surface area contributed by atoms with Gasteiger partial charge < -0.3 is 23.2 Å². The number of aryl methyl sites for hydroxylation is 2. The number of hydrazone groups is 1. The van der Waals surface area contributed by atoms with Crippen LogP contribution in [0.3, 0.4) is 0 Å². The van der Waals surface area contributed by atoms with E-state index in [1.165, 1.54) is 17.6 Å². The molecular weight excluding hydrogens is 758 g/mol. The third-order valence-corrected chi connectivity index (χ3v) is 8.60. The smallest absolute Gasteiger partial charge is 0.307 e. The maximum Gasteiger partial charge on any atom is 0.307 e. The van der Waals surface area contributed by atoms with E-state index in [1.807, 2.05) is 42.5 Å². The molecule has 226 valence electrons. The largest absolute Gasteiger partial charge is 0.493 e. The lowest BCUT2D eigenvalue weighted by Gasteiger charge is -2.13.